The molecule has 0 aliphatic heterocycles. The van der Waals surface area contributed by atoms with Gasteiger partial charge in [-0.05, 0) is 41.3 Å². The van der Waals surface area contributed by atoms with Crippen LogP contribution in [0.15, 0.2) is 41.1 Å². The number of rotatable bonds is 5. The first-order valence-electron chi connectivity index (χ1n) is 5.90. The SMILES string of the molecule is Cc1cccc(C(CBr)(CBr)Cc2ccsc2)c1. The van der Waals surface area contributed by atoms with Crippen LogP contribution in [0.4, 0.5) is 0 Å². The number of benzene rings is 1. The second kappa shape index (κ2) is 6.36. The topological polar surface area (TPSA) is 0 Å². The zero-order chi connectivity index (χ0) is 13.0. The Morgan fingerprint density at radius 1 is 1.17 bits per heavy atom. The number of hydrogen-bond donors (Lipinski definition) is 0. The van der Waals surface area contributed by atoms with Crippen molar-refractivity contribution in [3.63, 3.8) is 0 Å². The molecule has 0 nitrogen and oxygen atoms in total. The van der Waals surface area contributed by atoms with Gasteiger partial charge in [0, 0.05) is 16.1 Å². The monoisotopic (exact) mass is 386 g/mol. The lowest BCUT2D eigenvalue weighted by molar-refractivity contribution is 0.551. The van der Waals surface area contributed by atoms with E-state index in [0.29, 0.717) is 0 Å². The van der Waals surface area contributed by atoms with Crippen molar-refractivity contribution < 1.29 is 0 Å². The first-order chi connectivity index (χ1) is 8.70. The fourth-order valence-corrected chi connectivity index (χ4v) is 4.79. The minimum absolute atomic E-state index is 0.132. The highest BCUT2D eigenvalue weighted by atomic mass is 79.9. The second-order valence-electron chi connectivity index (χ2n) is 4.73. The average Bonchev–Trinajstić information content (AvgIpc) is 2.89. The first kappa shape index (κ1) is 14.3. The molecule has 0 spiro atoms. The Morgan fingerprint density at radius 3 is 2.50 bits per heavy atom. The molecule has 1 heterocycles. The maximum atomic E-state index is 3.71. The summed E-state index contributed by atoms with van der Waals surface area (Å²) < 4.78 is 0. The molecule has 0 aliphatic carbocycles. The first-order valence-corrected chi connectivity index (χ1v) is 9.09. The fraction of sp³-hybridized carbons (Fsp3) is 0.333. The third-order valence-corrected chi connectivity index (χ3v) is 6.14. The number of thiophene rings is 1. The van der Waals surface area contributed by atoms with Gasteiger partial charge in [-0.1, -0.05) is 61.7 Å². The Morgan fingerprint density at radius 2 is 1.94 bits per heavy atom. The van der Waals surface area contributed by atoms with Gasteiger partial charge in [-0.25, -0.2) is 0 Å². The summed E-state index contributed by atoms with van der Waals surface area (Å²) in [6.45, 7) is 2.15. The van der Waals surface area contributed by atoms with Gasteiger partial charge in [0.15, 0.2) is 0 Å². The van der Waals surface area contributed by atoms with Crippen molar-refractivity contribution in [3.05, 3.63) is 57.8 Å². The van der Waals surface area contributed by atoms with Crippen molar-refractivity contribution >= 4 is 43.2 Å². The number of halogens is 2. The molecule has 0 saturated carbocycles. The zero-order valence-corrected chi connectivity index (χ0v) is 14.3. The second-order valence-corrected chi connectivity index (χ2v) is 6.63. The minimum Gasteiger partial charge on any atom is -0.152 e. The van der Waals surface area contributed by atoms with Gasteiger partial charge >= 0.3 is 0 Å². The minimum atomic E-state index is 0.132. The summed E-state index contributed by atoms with van der Waals surface area (Å²) in [6, 6.07) is 11.1. The summed E-state index contributed by atoms with van der Waals surface area (Å²) in [5.41, 5.74) is 4.28. The lowest BCUT2D eigenvalue weighted by Gasteiger charge is -2.31. The Balaban J connectivity index is 2.37. The van der Waals surface area contributed by atoms with Crippen LogP contribution in [0.3, 0.4) is 0 Å². The summed E-state index contributed by atoms with van der Waals surface area (Å²) in [4.78, 5) is 0. The fourth-order valence-electron chi connectivity index (χ4n) is 2.15. The molecule has 0 amide bonds. The molecule has 1 aromatic heterocycles. The quantitative estimate of drug-likeness (QED) is 0.608. The Bertz CT molecular complexity index is 487. The lowest BCUT2D eigenvalue weighted by Crippen LogP contribution is -2.32. The molecule has 0 bridgehead atoms. The number of hydrogen-bond acceptors (Lipinski definition) is 1. The van der Waals surface area contributed by atoms with E-state index in [2.05, 4.69) is 79.9 Å². The van der Waals surface area contributed by atoms with Crippen LogP contribution >= 0.6 is 43.2 Å². The molecule has 0 aliphatic rings. The van der Waals surface area contributed by atoms with Gasteiger partial charge in [0.1, 0.15) is 0 Å². The molecule has 0 fully saturated rings. The summed E-state index contributed by atoms with van der Waals surface area (Å²) in [5, 5.41) is 6.32. The van der Waals surface area contributed by atoms with Crippen LogP contribution in [0, 0.1) is 6.92 Å². The van der Waals surface area contributed by atoms with Gasteiger partial charge in [0.2, 0.25) is 0 Å². The van der Waals surface area contributed by atoms with Crippen molar-refractivity contribution in [2.24, 2.45) is 0 Å². The highest BCUT2D eigenvalue weighted by Crippen LogP contribution is 2.33. The Kier molecular flexibility index (Phi) is 5.05. The standard InChI is InChI=1S/C15H16Br2S/c1-12-3-2-4-14(7-12)15(10-16,11-17)8-13-5-6-18-9-13/h2-7,9H,8,10-11H2,1H3. The third-order valence-electron chi connectivity index (χ3n) is 3.26. The van der Waals surface area contributed by atoms with Gasteiger partial charge in [0.05, 0.1) is 0 Å². The molecular weight excluding hydrogens is 372 g/mol. The normalized spacial score (nSPS) is 11.7. The predicted molar refractivity (Wildman–Crippen MR) is 88.5 cm³/mol. The molecular formula is C15H16Br2S. The summed E-state index contributed by atoms with van der Waals surface area (Å²) >= 11 is 9.20. The molecule has 3 heteroatoms. The van der Waals surface area contributed by atoms with Gasteiger partial charge in [0.25, 0.3) is 0 Å². The summed E-state index contributed by atoms with van der Waals surface area (Å²) in [7, 11) is 0. The van der Waals surface area contributed by atoms with Gasteiger partial charge in [-0.3, -0.25) is 0 Å². The molecule has 0 atom stereocenters. The van der Waals surface area contributed by atoms with Gasteiger partial charge in [-0.15, -0.1) is 0 Å². The average molecular weight is 388 g/mol. The predicted octanol–water partition coefficient (Wildman–Crippen LogP) is 5.33. The van der Waals surface area contributed by atoms with Crippen LogP contribution in [-0.4, -0.2) is 10.7 Å². The van der Waals surface area contributed by atoms with E-state index < -0.39 is 0 Å². The summed E-state index contributed by atoms with van der Waals surface area (Å²) in [6.07, 6.45) is 1.07. The molecule has 0 unspecified atom stereocenters. The van der Waals surface area contributed by atoms with E-state index in [0.717, 1.165) is 17.1 Å². The maximum Gasteiger partial charge on any atom is 0.0187 e. The molecule has 2 aromatic rings. The van der Waals surface area contributed by atoms with Crippen molar-refractivity contribution in [1.29, 1.82) is 0 Å². The van der Waals surface area contributed by atoms with Gasteiger partial charge in [-0.2, -0.15) is 11.3 Å². The zero-order valence-electron chi connectivity index (χ0n) is 10.3. The molecule has 0 radical (unpaired) electrons. The van der Waals surface area contributed by atoms with Crippen LogP contribution in [0.25, 0.3) is 0 Å². The van der Waals surface area contributed by atoms with E-state index in [4.69, 9.17) is 0 Å². The van der Waals surface area contributed by atoms with Crippen molar-refractivity contribution in [1.82, 2.24) is 0 Å². The van der Waals surface area contributed by atoms with E-state index >= 15 is 0 Å². The highest BCUT2D eigenvalue weighted by molar-refractivity contribution is 9.09. The van der Waals surface area contributed by atoms with Crippen molar-refractivity contribution in [3.8, 4) is 0 Å². The Hall–Kier alpha value is -0.120. The van der Waals surface area contributed by atoms with Crippen LogP contribution in [0.1, 0.15) is 16.7 Å². The molecule has 96 valence electrons. The molecule has 2 rings (SSSR count). The third kappa shape index (κ3) is 3.06. The molecule has 18 heavy (non-hydrogen) atoms. The van der Waals surface area contributed by atoms with Gasteiger partial charge < -0.3 is 0 Å². The summed E-state index contributed by atoms with van der Waals surface area (Å²) in [5.74, 6) is 0. The number of aryl methyl sites for hydroxylation is 1. The van der Waals surface area contributed by atoms with E-state index in [9.17, 15) is 0 Å². The van der Waals surface area contributed by atoms with E-state index in [1.165, 1.54) is 16.7 Å². The smallest absolute Gasteiger partial charge is 0.0187 e. The maximum absolute atomic E-state index is 3.71. The molecule has 1 aromatic carbocycles. The Labute approximate surface area is 130 Å². The van der Waals surface area contributed by atoms with E-state index in [1.54, 1.807) is 11.3 Å². The largest absolute Gasteiger partial charge is 0.152 e. The van der Waals surface area contributed by atoms with Crippen LogP contribution < -0.4 is 0 Å². The molecule has 0 saturated heterocycles. The van der Waals surface area contributed by atoms with Crippen molar-refractivity contribution in [2.75, 3.05) is 10.7 Å². The van der Waals surface area contributed by atoms with Crippen molar-refractivity contribution in [2.45, 2.75) is 18.8 Å². The molecule has 0 N–H and O–H groups in total. The lowest BCUT2D eigenvalue weighted by atomic mass is 9.79. The number of alkyl halides is 2. The van der Waals surface area contributed by atoms with E-state index in [-0.39, 0.29) is 5.41 Å². The highest BCUT2D eigenvalue weighted by Gasteiger charge is 2.30. The van der Waals surface area contributed by atoms with Crippen LogP contribution in [-0.2, 0) is 11.8 Å². The van der Waals surface area contributed by atoms with E-state index in [1.807, 2.05) is 0 Å². The van der Waals surface area contributed by atoms with Crippen LogP contribution in [0.2, 0.25) is 0 Å². The van der Waals surface area contributed by atoms with Crippen LogP contribution in [0.5, 0.6) is 0 Å².